The third kappa shape index (κ3) is 7.43. The van der Waals surface area contributed by atoms with Crippen LogP contribution in [0.15, 0.2) is 65.5 Å². The van der Waals surface area contributed by atoms with Crippen LogP contribution in [0.3, 0.4) is 0 Å². The van der Waals surface area contributed by atoms with E-state index >= 15 is 0 Å². The van der Waals surface area contributed by atoms with Gasteiger partial charge >= 0.3 is 0 Å². The summed E-state index contributed by atoms with van der Waals surface area (Å²) in [4.78, 5) is 26.7. The average Bonchev–Trinajstić information content (AvgIpc) is 2.99. The van der Waals surface area contributed by atoms with Gasteiger partial charge in [-0.1, -0.05) is 43.7 Å². The molecule has 2 N–H and O–H groups in total. The standard InChI is InChI=1S/C34H38FN3O4.ClH/c1-3-7-30-32(15-14-27(23(2)39)33(30)40)42-21-6-18-37-19-16-26(17-20-37)38-34(41)29-9-5-4-8-28(29)31(36-38)22-24-10-12-25(35)13-11-24;/h4-5,8-15,26,40H,3,6-7,16-22H2,1-2H3;1H. The van der Waals surface area contributed by atoms with Crippen molar-refractivity contribution in [2.45, 2.75) is 58.4 Å². The van der Waals surface area contributed by atoms with Crippen molar-refractivity contribution < 1.29 is 36.3 Å². The monoisotopic (exact) mass is 607 g/mol. The summed E-state index contributed by atoms with van der Waals surface area (Å²) in [5.74, 6) is 0.249. The van der Waals surface area contributed by atoms with Crippen LogP contribution in [-0.4, -0.2) is 46.9 Å². The van der Waals surface area contributed by atoms with E-state index in [0.29, 0.717) is 41.7 Å². The van der Waals surface area contributed by atoms with Crippen molar-refractivity contribution in [1.82, 2.24) is 9.78 Å². The molecule has 0 saturated carbocycles. The third-order valence-electron chi connectivity index (χ3n) is 8.25. The number of halogens is 2. The van der Waals surface area contributed by atoms with Gasteiger partial charge in [0.25, 0.3) is 5.56 Å². The lowest BCUT2D eigenvalue weighted by Gasteiger charge is -2.30. The van der Waals surface area contributed by atoms with Crippen molar-refractivity contribution in [3.05, 3.63) is 99.2 Å². The highest BCUT2D eigenvalue weighted by Gasteiger charge is 2.26. The number of piperidine rings is 1. The number of rotatable bonds is 11. The van der Waals surface area contributed by atoms with E-state index in [2.05, 4.69) is 0 Å². The lowest BCUT2D eigenvalue weighted by atomic mass is 10.0. The second kappa shape index (κ2) is 14.6. The molecular formula is C34H39ClFN3O4. The molecule has 0 radical (unpaired) electrons. The number of hydrogen-bond acceptors (Lipinski definition) is 5. The van der Waals surface area contributed by atoms with Crippen molar-refractivity contribution in [2.24, 2.45) is 0 Å². The summed E-state index contributed by atoms with van der Waals surface area (Å²) in [7, 11) is 0. The molecule has 1 aromatic heterocycles. The minimum absolute atomic E-state index is 0. The van der Waals surface area contributed by atoms with E-state index in [9.17, 15) is 19.1 Å². The number of phenols is 1. The largest absolute Gasteiger partial charge is 1.00 e. The molecule has 0 bridgehead atoms. The highest BCUT2D eigenvalue weighted by atomic mass is 35.5. The van der Waals surface area contributed by atoms with E-state index in [4.69, 9.17) is 9.84 Å². The molecule has 1 saturated heterocycles. The van der Waals surface area contributed by atoms with Crippen LogP contribution in [0.1, 0.15) is 72.8 Å². The summed E-state index contributed by atoms with van der Waals surface area (Å²) in [5, 5.41) is 17.0. The quantitative estimate of drug-likeness (QED) is 0.200. The molecule has 1 fully saturated rings. The average molecular weight is 608 g/mol. The number of likely N-dealkylation sites (tertiary alicyclic amines) is 1. The van der Waals surface area contributed by atoms with Crippen LogP contribution in [0.4, 0.5) is 4.39 Å². The number of carbonyl (C=O) groups excluding carboxylic acids is 1. The molecule has 5 rings (SSSR count). The van der Waals surface area contributed by atoms with E-state index in [0.717, 1.165) is 62.0 Å². The Balaban J connectivity index is 0.00000423. The molecule has 0 unspecified atom stereocenters. The number of nitrogens with zero attached hydrogens (tertiary/aromatic N) is 2. The van der Waals surface area contributed by atoms with Crippen LogP contribution in [0, 0.1) is 5.82 Å². The smallest absolute Gasteiger partial charge is 0.274 e. The zero-order chi connectivity index (χ0) is 29.6. The van der Waals surface area contributed by atoms with Crippen molar-refractivity contribution in [3.8, 4) is 11.5 Å². The van der Waals surface area contributed by atoms with Crippen LogP contribution in [-0.2, 0) is 12.8 Å². The van der Waals surface area contributed by atoms with Gasteiger partial charge in [0.2, 0.25) is 0 Å². The minimum atomic E-state index is -0.272. The molecule has 0 aliphatic carbocycles. The maximum Gasteiger partial charge on any atom is 0.274 e. The second-order valence-electron chi connectivity index (χ2n) is 11.2. The van der Waals surface area contributed by atoms with Crippen LogP contribution in [0.25, 0.3) is 10.8 Å². The first-order valence-electron chi connectivity index (χ1n) is 14.9. The summed E-state index contributed by atoms with van der Waals surface area (Å²) in [6, 6.07) is 17.5. The molecule has 1 aliphatic rings. The van der Waals surface area contributed by atoms with Crippen molar-refractivity contribution in [3.63, 3.8) is 0 Å². The highest BCUT2D eigenvalue weighted by molar-refractivity contribution is 5.97. The number of aromatic nitrogens is 2. The molecule has 7 nitrogen and oxygen atoms in total. The van der Waals surface area contributed by atoms with Crippen LogP contribution in [0.2, 0.25) is 0 Å². The van der Waals surface area contributed by atoms with Gasteiger partial charge in [-0.3, -0.25) is 9.59 Å². The van der Waals surface area contributed by atoms with E-state index in [1.807, 2.05) is 31.2 Å². The number of nitrogens with one attached hydrogen (secondary N) is 1. The van der Waals surface area contributed by atoms with E-state index < -0.39 is 0 Å². The molecule has 43 heavy (non-hydrogen) atoms. The Hall–Kier alpha value is -3.75. The number of phenolic OH excluding ortho intramolecular Hbond substituents is 1. The van der Waals surface area contributed by atoms with E-state index in [1.54, 1.807) is 28.9 Å². The summed E-state index contributed by atoms with van der Waals surface area (Å²) in [6.45, 7) is 6.84. The van der Waals surface area contributed by atoms with Gasteiger partial charge in [0.1, 0.15) is 17.3 Å². The molecule has 0 atom stereocenters. The molecule has 228 valence electrons. The van der Waals surface area contributed by atoms with Crippen molar-refractivity contribution >= 4 is 16.6 Å². The van der Waals surface area contributed by atoms with Gasteiger partial charge < -0.3 is 27.2 Å². The number of quaternary nitrogens is 1. The van der Waals surface area contributed by atoms with Gasteiger partial charge in [0, 0.05) is 36.6 Å². The Morgan fingerprint density at radius 3 is 2.44 bits per heavy atom. The lowest BCUT2D eigenvalue weighted by Crippen LogP contribution is -3.13. The number of benzene rings is 3. The number of ether oxygens (including phenoxy) is 1. The van der Waals surface area contributed by atoms with Crippen molar-refractivity contribution in [1.29, 1.82) is 0 Å². The van der Waals surface area contributed by atoms with Gasteiger partial charge in [-0.2, -0.15) is 5.10 Å². The fourth-order valence-electron chi connectivity index (χ4n) is 5.99. The number of Topliss-reactive ketones (excluding diaryl/α,β-unsaturated/α-hetero) is 1. The van der Waals surface area contributed by atoms with Crippen molar-refractivity contribution in [2.75, 3.05) is 26.2 Å². The predicted octanol–water partition coefficient (Wildman–Crippen LogP) is 1.68. The molecule has 0 spiro atoms. The zero-order valence-electron chi connectivity index (χ0n) is 24.7. The zero-order valence-corrected chi connectivity index (χ0v) is 25.5. The molecule has 3 aromatic carbocycles. The molecular weight excluding hydrogens is 569 g/mol. The molecule has 1 aliphatic heterocycles. The number of fused-ring (bicyclic) bond motifs is 1. The lowest BCUT2D eigenvalue weighted by molar-refractivity contribution is -0.906. The first-order valence-corrected chi connectivity index (χ1v) is 14.9. The first-order chi connectivity index (χ1) is 20.4. The Labute approximate surface area is 257 Å². The minimum Gasteiger partial charge on any atom is -1.00 e. The SMILES string of the molecule is CCCc1c(OCCC[NH+]2CCC(n3nc(Cc4ccc(F)cc4)c4ccccc4c3=O)CC2)ccc(C(C)=O)c1O.[Cl-]. The topological polar surface area (TPSA) is 85.9 Å². The summed E-state index contributed by atoms with van der Waals surface area (Å²) in [6.07, 6.45) is 4.59. The second-order valence-corrected chi connectivity index (χ2v) is 11.2. The Bertz CT molecular complexity index is 1620. The molecule has 2 heterocycles. The van der Waals surface area contributed by atoms with E-state index in [-0.39, 0.29) is 41.4 Å². The fourth-order valence-corrected chi connectivity index (χ4v) is 5.99. The van der Waals surface area contributed by atoms with Crippen LogP contribution < -0.4 is 27.6 Å². The maximum absolute atomic E-state index is 13.5. The van der Waals surface area contributed by atoms with Gasteiger partial charge in [-0.05, 0) is 49.2 Å². The number of hydrogen-bond donors (Lipinski definition) is 2. The van der Waals surface area contributed by atoms with Gasteiger partial charge in [-0.15, -0.1) is 0 Å². The van der Waals surface area contributed by atoms with Gasteiger partial charge in [0.05, 0.1) is 48.9 Å². The Kier molecular flexibility index (Phi) is 10.9. The third-order valence-corrected chi connectivity index (χ3v) is 8.25. The van der Waals surface area contributed by atoms with Gasteiger partial charge in [-0.25, -0.2) is 9.07 Å². The van der Waals surface area contributed by atoms with Gasteiger partial charge in [0.15, 0.2) is 5.78 Å². The molecule has 4 aromatic rings. The summed E-state index contributed by atoms with van der Waals surface area (Å²) < 4.78 is 21.2. The maximum atomic E-state index is 13.5. The van der Waals surface area contributed by atoms with Crippen LogP contribution in [0.5, 0.6) is 11.5 Å². The fraction of sp³-hybridized carbons (Fsp3) is 0.382. The van der Waals surface area contributed by atoms with E-state index in [1.165, 1.54) is 24.0 Å². The van der Waals surface area contributed by atoms with Crippen LogP contribution >= 0.6 is 0 Å². The predicted molar refractivity (Wildman–Crippen MR) is 161 cm³/mol. The molecule has 0 amide bonds. The summed E-state index contributed by atoms with van der Waals surface area (Å²) >= 11 is 0. The number of carbonyl (C=O) groups is 1. The summed E-state index contributed by atoms with van der Waals surface area (Å²) in [5.41, 5.74) is 2.75. The Morgan fingerprint density at radius 1 is 1.07 bits per heavy atom. The number of aromatic hydroxyl groups is 1. The normalized spacial score (nSPS) is 16.5. The first kappa shape index (κ1) is 32.2. The molecule has 9 heteroatoms. The number of ketones is 1. The Morgan fingerprint density at radius 2 is 1.77 bits per heavy atom. The highest BCUT2D eigenvalue weighted by Crippen LogP contribution is 2.33.